The molecule has 1 aliphatic rings. The van der Waals surface area contributed by atoms with Crippen molar-refractivity contribution in [3.8, 4) is 28.7 Å². The topological polar surface area (TPSA) is 83.3 Å². The van der Waals surface area contributed by atoms with Crippen molar-refractivity contribution in [3.63, 3.8) is 0 Å². The monoisotopic (exact) mass is 450 g/mol. The summed E-state index contributed by atoms with van der Waals surface area (Å²) in [6, 6.07) is 9.61. The van der Waals surface area contributed by atoms with Gasteiger partial charge in [0, 0.05) is 18.7 Å². The molecular weight excluding hydrogens is 420 g/mol. The van der Waals surface area contributed by atoms with E-state index in [2.05, 4.69) is 0 Å². The van der Waals surface area contributed by atoms with Gasteiger partial charge in [0.1, 0.15) is 5.75 Å². The Morgan fingerprint density at radius 1 is 1.03 bits per heavy atom. The van der Waals surface area contributed by atoms with E-state index in [0.717, 1.165) is 24.8 Å². The lowest BCUT2D eigenvalue weighted by atomic mass is 10.1. The van der Waals surface area contributed by atoms with Gasteiger partial charge in [-0.2, -0.15) is 0 Å². The largest absolute Gasteiger partial charge is 0.492 e. The lowest BCUT2D eigenvalue weighted by molar-refractivity contribution is 0.0748. The lowest BCUT2D eigenvalue weighted by Gasteiger charge is -2.24. The highest BCUT2D eigenvalue weighted by Gasteiger charge is 2.35. The molecule has 0 spiro atoms. The van der Waals surface area contributed by atoms with Gasteiger partial charge in [-0.3, -0.25) is 4.79 Å². The number of rotatable bonds is 10. The molecule has 0 unspecified atom stereocenters. The van der Waals surface area contributed by atoms with Crippen molar-refractivity contribution in [3.05, 3.63) is 41.5 Å². The molecule has 2 N–H and O–H groups in total. The number of halogens is 1. The molecule has 2 aromatic carbocycles. The number of benzene rings is 2. The number of nitrogens with zero attached hydrogens (tertiary/aromatic N) is 1. The average molecular weight is 451 g/mol. The molecule has 0 atom stereocenters. The van der Waals surface area contributed by atoms with Crippen LogP contribution in [-0.4, -0.2) is 51.3 Å². The van der Waals surface area contributed by atoms with Crippen LogP contribution in [0.25, 0.3) is 0 Å². The normalized spacial score (nSPS) is 12.5. The second kappa shape index (κ2) is 11.1. The molecule has 0 bridgehead atoms. The van der Waals surface area contributed by atoms with Crippen LogP contribution in [0.4, 0.5) is 0 Å². The average Bonchev–Trinajstić information content (AvgIpc) is 3.59. The molecule has 3 rings (SSSR count). The van der Waals surface area contributed by atoms with Crippen LogP contribution in [0.5, 0.6) is 28.7 Å². The summed E-state index contributed by atoms with van der Waals surface area (Å²) in [5.74, 6) is 1.93. The molecule has 0 aliphatic heterocycles. The molecule has 1 saturated carbocycles. The fourth-order valence-corrected chi connectivity index (χ4v) is 3.54. The Morgan fingerprint density at radius 3 is 2.13 bits per heavy atom. The van der Waals surface area contributed by atoms with Crippen molar-refractivity contribution in [1.29, 1.82) is 0 Å². The second-order valence-corrected chi connectivity index (χ2v) is 7.13. The summed E-state index contributed by atoms with van der Waals surface area (Å²) in [7, 11) is 4.55. The smallest absolute Gasteiger partial charge is 0.258 e. The van der Waals surface area contributed by atoms with E-state index in [1.54, 1.807) is 6.07 Å². The van der Waals surface area contributed by atoms with Crippen LogP contribution in [0, 0.1) is 0 Å². The maximum atomic E-state index is 13.3. The third-order valence-electron chi connectivity index (χ3n) is 5.17. The van der Waals surface area contributed by atoms with Gasteiger partial charge in [-0.05, 0) is 50.4 Å². The minimum absolute atomic E-state index is 0. The van der Waals surface area contributed by atoms with E-state index in [9.17, 15) is 4.79 Å². The predicted molar refractivity (Wildman–Crippen MR) is 122 cm³/mol. The van der Waals surface area contributed by atoms with Gasteiger partial charge in [0.25, 0.3) is 5.91 Å². The Morgan fingerprint density at radius 2 is 1.65 bits per heavy atom. The molecule has 0 aromatic heterocycles. The van der Waals surface area contributed by atoms with Crippen LogP contribution in [0.3, 0.4) is 0 Å². The molecule has 2 aromatic rings. The molecule has 0 heterocycles. The van der Waals surface area contributed by atoms with Crippen molar-refractivity contribution < 1.29 is 23.7 Å². The summed E-state index contributed by atoms with van der Waals surface area (Å²) in [6.45, 7) is 3.19. The minimum atomic E-state index is -0.110. The summed E-state index contributed by atoms with van der Waals surface area (Å²) in [5, 5.41) is 0. The van der Waals surface area contributed by atoms with E-state index in [1.807, 2.05) is 36.1 Å². The quantitative estimate of drug-likeness (QED) is 0.587. The summed E-state index contributed by atoms with van der Waals surface area (Å²) in [5.41, 5.74) is 7.13. The van der Waals surface area contributed by atoms with Gasteiger partial charge >= 0.3 is 0 Å². The van der Waals surface area contributed by atoms with Crippen LogP contribution in [-0.2, 0) is 6.42 Å². The predicted octanol–water partition coefficient (Wildman–Crippen LogP) is 4.05. The molecule has 8 heteroatoms. The fourth-order valence-electron chi connectivity index (χ4n) is 3.54. The molecule has 1 amide bonds. The second-order valence-electron chi connectivity index (χ2n) is 7.13. The summed E-state index contributed by atoms with van der Waals surface area (Å²) < 4.78 is 22.8. The molecule has 7 nitrogen and oxygen atoms in total. The highest BCUT2D eigenvalue weighted by molar-refractivity contribution is 5.99. The number of carbonyl (C=O) groups is 1. The Labute approximate surface area is 189 Å². The van der Waals surface area contributed by atoms with Crippen LogP contribution in [0.2, 0.25) is 0 Å². The zero-order valence-corrected chi connectivity index (χ0v) is 19.3. The summed E-state index contributed by atoms with van der Waals surface area (Å²) >= 11 is 0. The number of hydrogen-bond acceptors (Lipinski definition) is 6. The van der Waals surface area contributed by atoms with Crippen LogP contribution in [0.1, 0.15) is 35.7 Å². The van der Waals surface area contributed by atoms with Gasteiger partial charge in [0.15, 0.2) is 11.5 Å². The number of carbonyl (C=O) groups excluding carboxylic acids is 1. The first-order chi connectivity index (χ1) is 14.6. The van der Waals surface area contributed by atoms with Crippen molar-refractivity contribution in [2.75, 3.05) is 34.4 Å². The first kappa shape index (κ1) is 24.6. The highest BCUT2D eigenvalue weighted by Crippen LogP contribution is 2.48. The van der Waals surface area contributed by atoms with E-state index in [-0.39, 0.29) is 24.4 Å². The summed E-state index contributed by atoms with van der Waals surface area (Å²) in [4.78, 5) is 15.2. The van der Waals surface area contributed by atoms with E-state index in [0.29, 0.717) is 47.4 Å². The van der Waals surface area contributed by atoms with Gasteiger partial charge in [-0.15, -0.1) is 12.4 Å². The molecule has 1 aliphatic carbocycles. The maximum absolute atomic E-state index is 13.3. The van der Waals surface area contributed by atoms with Crippen molar-refractivity contribution >= 4 is 18.3 Å². The van der Waals surface area contributed by atoms with E-state index >= 15 is 0 Å². The minimum Gasteiger partial charge on any atom is -0.492 e. The molecule has 1 fully saturated rings. The maximum Gasteiger partial charge on any atom is 0.258 e. The van der Waals surface area contributed by atoms with Crippen LogP contribution < -0.4 is 24.7 Å². The van der Waals surface area contributed by atoms with E-state index in [4.69, 9.17) is 24.7 Å². The van der Waals surface area contributed by atoms with E-state index < -0.39 is 0 Å². The molecule has 31 heavy (non-hydrogen) atoms. The van der Waals surface area contributed by atoms with Gasteiger partial charge in [0.05, 0.1) is 26.9 Å². The van der Waals surface area contributed by atoms with Gasteiger partial charge in [-0.1, -0.05) is 12.1 Å². The zero-order chi connectivity index (χ0) is 21.7. The Kier molecular flexibility index (Phi) is 8.83. The molecule has 0 radical (unpaired) electrons. The SMILES string of the molecule is CCN(C(=O)c1cc(Oc2ccc(CCN)cc2)c(OC)c(OC)c1OC)C1CC1.Cl. The van der Waals surface area contributed by atoms with Crippen molar-refractivity contribution in [2.45, 2.75) is 32.2 Å². The Bertz CT molecular complexity index is 885. The van der Waals surface area contributed by atoms with Crippen molar-refractivity contribution in [1.82, 2.24) is 4.90 Å². The molecule has 0 saturated heterocycles. The van der Waals surface area contributed by atoms with Crippen LogP contribution in [0.15, 0.2) is 30.3 Å². The number of ether oxygens (including phenoxy) is 4. The number of nitrogens with two attached hydrogens (primary N) is 1. The first-order valence-electron chi connectivity index (χ1n) is 10.2. The standard InChI is InChI=1S/C23H30N2O5.ClH/c1-5-25(16-8-9-16)23(26)18-14-19(21(28-3)22(29-4)20(18)27-2)30-17-10-6-15(7-11-17)12-13-24;/h6-7,10-11,14,16H,5,8-9,12-13,24H2,1-4H3;1H. The Hall–Kier alpha value is -2.64. The fraction of sp³-hybridized carbons (Fsp3) is 0.435. The molecular formula is C23H31ClN2O5. The van der Waals surface area contributed by atoms with Gasteiger partial charge < -0.3 is 29.6 Å². The first-order valence-corrected chi connectivity index (χ1v) is 10.2. The van der Waals surface area contributed by atoms with Gasteiger partial charge in [0.2, 0.25) is 11.5 Å². The number of amides is 1. The highest BCUT2D eigenvalue weighted by atomic mass is 35.5. The zero-order valence-electron chi connectivity index (χ0n) is 18.5. The van der Waals surface area contributed by atoms with Crippen molar-refractivity contribution in [2.24, 2.45) is 5.73 Å². The molecule has 170 valence electrons. The number of methoxy groups -OCH3 is 3. The third kappa shape index (κ3) is 5.35. The third-order valence-corrected chi connectivity index (χ3v) is 5.17. The Balaban J connectivity index is 0.00000341. The number of hydrogen-bond donors (Lipinski definition) is 1. The van der Waals surface area contributed by atoms with Crippen LogP contribution >= 0.6 is 12.4 Å². The lowest BCUT2D eigenvalue weighted by Crippen LogP contribution is -2.33. The van der Waals surface area contributed by atoms with E-state index in [1.165, 1.54) is 21.3 Å². The van der Waals surface area contributed by atoms with Gasteiger partial charge in [-0.25, -0.2) is 0 Å². The summed E-state index contributed by atoms with van der Waals surface area (Å²) in [6.07, 6.45) is 2.84.